The molecule has 10 heteroatoms. The fraction of sp³-hybridized carbons (Fsp3) is 0.556. The highest BCUT2D eigenvalue weighted by atomic mass is 16.7. The summed E-state index contributed by atoms with van der Waals surface area (Å²) in [5.41, 5.74) is 6.91. The minimum atomic E-state index is -0.863. The Balaban J connectivity index is 2.09. The summed E-state index contributed by atoms with van der Waals surface area (Å²) in [7, 11) is 0. The van der Waals surface area contributed by atoms with Crippen LogP contribution in [0.25, 0.3) is 10.4 Å². The van der Waals surface area contributed by atoms with Crippen molar-refractivity contribution in [1.29, 1.82) is 0 Å². The minimum absolute atomic E-state index is 0.125. The second kappa shape index (κ2) is 5.57. The normalized spacial score (nSPS) is 25.8. The lowest BCUT2D eigenvalue weighted by Gasteiger charge is -2.14. The predicted molar refractivity (Wildman–Crippen MR) is 61.0 cm³/mol. The van der Waals surface area contributed by atoms with Gasteiger partial charge < -0.3 is 14.7 Å². The summed E-state index contributed by atoms with van der Waals surface area (Å²) < 4.78 is 6.57. The van der Waals surface area contributed by atoms with Crippen molar-refractivity contribution in [3.05, 3.63) is 43.5 Å². The van der Waals surface area contributed by atoms with E-state index in [1.54, 1.807) is 0 Å². The quantitative estimate of drug-likeness (QED) is 0.325. The Morgan fingerprint density at radius 1 is 1.68 bits per heavy atom. The molecule has 3 atom stereocenters. The van der Waals surface area contributed by atoms with Gasteiger partial charge in [0.1, 0.15) is 24.2 Å². The van der Waals surface area contributed by atoms with Crippen molar-refractivity contribution in [2.45, 2.75) is 24.9 Å². The zero-order valence-corrected chi connectivity index (χ0v) is 9.67. The van der Waals surface area contributed by atoms with Gasteiger partial charge in [-0.3, -0.25) is 14.3 Å². The Bertz CT molecular complexity index is 604. The zero-order chi connectivity index (χ0) is 13.8. The lowest BCUT2D eigenvalue weighted by molar-refractivity contribution is -0.0638. The molecule has 1 fully saturated rings. The SMILES string of the molecule is [N-]=[N+]=NOC[C@@H]1O[C@H](n2ccc(=O)[nH]c2=O)CC1O. The molecule has 2 heterocycles. The van der Waals surface area contributed by atoms with Crippen LogP contribution < -0.4 is 11.2 Å². The maximum atomic E-state index is 11.5. The van der Waals surface area contributed by atoms with Gasteiger partial charge in [-0.05, 0) is 5.53 Å². The Morgan fingerprint density at radius 3 is 3.16 bits per heavy atom. The van der Waals surface area contributed by atoms with Gasteiger partial charge in [-0.25, -0.2) is 4.79 Å². The number of hydrogen-bond donors (Lipinski definition) is 2. The van der Waals surface area contributed by atoms with Crippen LogP contribution in [0.15, 0.2) is 27.1 Å². The van der Waals surface area contributed by atoms with Gasteiger partial charge in [-0.2, -0.15) is 0 Å². The number of ether oxygens (including phenoxy) is 1. The maximum Gasteiger partial charge on any atom is 0.330 e. The minimum Gasteiger partial charge on any atom is -0.431 e. The van der Waals surface area contributed by atoms with Gasteiger partial charge in [0, 0.05) is 23.6 Å². The van der Waals surface area contributed by atoms with Crippen molar-refractivity contribution < 1.29 is 14.7 Å². The largest absolute Gasteiger partial charge is 0.431 e. The van der Waals surface area contributed by atoms with Crippen LogP contribution in [0.1, 0.15) is 12.6 Å². The van der Waals surface area contributed by atoms with Crippen LogP contribution in [0, 0.1) is 0 Å². The summed E-state index contributed by atoms with van der Waals surface area (Å²) in [6.07, 6.45) is -0.836. The van der Waals surface area contributed by atoms with Crippen LogP contribution in [0.2, 0.25) is 0 Å². The summed E-state index contributed by atoms with van der Waals surface area (Å²) in [5.74, 6) is 0. The average Bonchev–Trinajstić information content (AvgIpc) is 2.71. The fourth-order valence-electron chi connectivity index (χ4n) is 1.82. The van der Waals surface area contributed by atoms with Crippen molar-refractivity contribution >= 4 is 0 Å². The van der Waals surface area contributed by atoms with Gasteiger partial charge in [-0.15, -0.1) is 0 Å². The monoisotopic (exact) mass is 269 g/mol. The molecule has 0 radical (unpaired) electrons. The highest BCUT2D eigenvalue weighted by Gasteiger charge is 2.35. The molecule has 0 spiro atoms. The van der Waals surface area contributed by atoms with E-state index in [1.807, 2.05) is 0 Å². The molecular weight excluding hydrogens is 258 g/mol. The van der Waals surface area contributed by atoms with E-state index in [0.717, 1.165) is 4.57 Å². The van der Waals surface area contributed by atoms with Gasteiger partial charge in [-0.1, -0.05) is 0 Å². The topological polar surface area (TPSA) is 142 Å². The first-order valence-electron chi connectivity index (χ1n) is 5.43. The molecule has 0 aromatic carbocycles. The van der Waals surface area contributed by atoms with Crippen molar-refractivity contribution in [3.63, 3.8) is 0 Å². The number of aromatic amines is 1. The Hall–Kier alpha value is -2.29. The number of hydrogen-bond acceptors (Lipinski definition) is 6. The molecule has 10 nitrogen and oxygen atoms in total. The standard InChI is InChI=1S/C9H11N5O5/c10-12-13-18-4-6-5(15)3-8(19-6)14-2-1-7(16)11-9(14)17/h1-2,5-6,8,15H,3-4H2,(H,11,16,17)/t5?,6-,8-/m0/s1. The van der Waals surface area contributed by atoms with E-state index in [2.05, 4.69) is 20.0 Å². The number of aromatic nitrogens is 2. The number of rotatable bonds is 4. The molecule has 1 aliphatic heterocycles. The lowest BCUT2D eigenvalue weighted by atomic mass is 10.2. The first-order valence-corrected chi connectivity index (χ1v) is 5.43. The van der Waals surface area contributed by atoms with Crippen molar-refractivity contribution in [1.82, 2.24) is 9.55 Å². The molecule has 2 N–H and O–H groups in total. The van der Waals surface area contributed by atoms with E-state index in [4.69, 9.17) is 10.3 Å². The van der Waals surface area contributed by atoms with Gasteiger partial charge in [0.2, 0.25) is 0 Å². The maximum absolute atomic E-state index is 11.5. The summed E-state index contributed by atoms with van der Waals surface area (Å²) >= 11 is 0. The highest BCUT2D eigenvalue weighted by molar-refractivity contribution is 4.88. The molecule has 1 aromatic heterocycles. The molecule has 1 aliphatic rings. The van der Waals surface area contributed by atoms with Crippen LogP contribution in [-0.4, -0.2) is 33.5 Å². The number of nitrogens with zero attached hydrogens (tertiary/aromatic N) is 4. The molecular formula is C9H11N5O5. The Kier molecular flexibility index (Phi) is 3.85. The third kappa shape index (κ3) is 2.94. The van der Waals surface area contributed by atoms with Gasteiger partial charge >= 0.3 is 5.69 Å². The molecule has 102 valence electrons. The molecule has 1 aromatic rings. The molecule has 1 saturated heterocycles. The van der Waals surface area contributed by atoms with Crippen LogP contribution >= 0.6 is 0 Å². The summed E-state index contributed by atoms with van der Waals surface area (Å²) in [5, 5.41) is 12.6. The van der Waals surface area contributed by atoms with Gasteiger partial charge in [0.15, 0.2) is 0 Å². The third-order valence-corrected chi connectivity index (χ3v) is 2.70. The van der Waals surface area contributed by atoms with Crippen LogP contribution in [0.4, 0.5) is 0 Å². The van der Waals surface area contributed by atoms with Crippen LogP contribution in [-0.2, 0) is 9.57 Å². The van der Waals surface area contributed by atoms with Gasteiger partial charge in [0.25, 0.3) is 5.56 Å². The second-order valence-electron chi connectivity index (χ2n) is 3.92. The van der Waals surface area contributed by atoms with E-state index in [-0.39, 0.29) is 13.0 Å². The second-order valence-corrected chi connectivity index (χ2v) is 3.92. The number of H-pyrrole nitrogens is 1. The van der Waals surface area contributed by atoms with E-state index in [1.165, 1.54) is 12.3 Å². The predicted octanol–water partition coefficient (Wildman–Crippen LogP) is -0.573. The number of nitrogens with one attached hydrogen (secondary N) is 1. The molecule has 0 aliphatic carbocycles. The fourth-order valence-corrected chi connectivity index (χ4v) is 1.82. The van der Waals surface area contributed by atoms with Crippen molar-refractivity contribution in [2.75, 3.05) is 6.61 Å². The zero-order valence-electron chi connectivity index (χ0n) is 9.67. The van der Waals surface area contributed by atoms with E-state index < -0.39 is 29.7 Å². The first-order chi connectivity index (χ1) is 9.11. The molecule has 1 unspecified atom stereocenters. The average molecular weight is 269 g/mol. The Morgan fingerprint density at radius 2 is 2.47 bits per heavy atom. The lowest BCUT2D eigenvalue weighted by Crippen LogP contribution is -2.31. The van der Waals surface area contributed by atoms with E-state index in [9.17, 15) is 14.7 Å². The van der Waals surface area contributed by atoms with Crippen molar-refractivity contribution in [2.24, 2.45) is 5.28 Å². The van der Waals surface area contributed by atoms with Gasteiger partial charge in [0.05, 0.1) is 6.10 Å². The van der Waals surface area contributed by atoms with Crippen molar-refractivity contribution in [3.8, 4) is 0 Å². The molecule has 0 saturated carbocycles. The highest BCUT2D eigenvalue weighted by Crippen LogP contribution is 2.27. The first kappa shape index (κ1) is 13.1. The molecule has 0 bridgehead atoms. The van der Waals surface area contributed by atoms with Crippen LogP contribution in [0.5, 0.6) is 0 Å². The number of azide groups is 1. The number of aliphatic hydroxyl groups excluding tert-OH is 1. The molecule has 19 heavy (non-hydrogen) atoms. The Labute approximate surface area is 105 Å². The summed E-state index contributed by atoms with van der Waals surface area (Å²) in [6.45, 7) is -0.125. The summed E-state index contributed by atoms with van der Waals surface area (Å²) in [4.78, 5) is 31.5. The van der Waals surface area contributed by atoms with E-state index in [0.29, 0.717) is 0 Å². The smallest absolute Gasteiger partial charge is 0.330 e. The van der Waals surface area contributed by atoms with E-state index >= 15 is 0 Å². The third-order valence-electron chi connectivity index (χ3n) is 2.70. The summed E-state index contributed by atoms with van der Waals surface area (Å²) in [6, 6.07) is 1.18. The number of aliphatic hydroxyl groups is 1. The molecule has 0 amide bonds. The molecule has 2 rings (SSSR count). The van der Waals surface area contributed by atoms with Crippen LogP contribution in [0.3, 0.4) is 0 Å².